The molecule has 0 unspecified atom stereocenters. The maximum atomic E-state index is 12.4. The molecule has 30 heavy (non-hydrogen) atoms. The number of carbonyl (C=O) groups is 1. The second-order valence-corrected chi connectivity index (χ2v) is 7.04. The van der Waals surface area contributed by atoms with Crippen molar-refractivity contribution in [3.05, 3.63) is 71.4 Å². The molecule has 2 N–H and O–H groups in total. The molecule has 0 aliphatic rings. The molecule has 0 saturated heterocycles. The van der Waals surface area contributed by atoms with Crippen LogP contribution in [0.25, 0.3) is 27.6 Å². The Morgan fingerprint density at radius 3 is 2.90 bits per heavy atom. The van der Waals surface area contributed by atoms with E-state index < -0.39 is 12.1 Å². The van der Waals surface area contributed by atoms with Crippen LogP contribution in [0.3, 0.4) is 0 Å². The summed E-state index contributed by atoms with van der Waals surface area (Å²) < 4.78 is 10.9. The van der Waals surface area contributed by atoms with E-state index in [9.17, 15) is 15.2 Å². The first-order chi connectivity index (χ1) is 14.5. The molecule has 0 saturated carbocycles. The second-order valence-electron chi connectivity index (χ2n) is 7.04. The number of H-pyrrole nitrogens is 1. The number of hydrogen-bond donors (Lipinski definition) is 2. The molecule has 2 aromatic carbocycles. The van der Waals surface area contributed by atoms with Gasteiger partial charge in [0.1, 0.15) is 17.2 Å². The van der Waals surface area contributed by atoms with Crippen molar-refractivity contribution in [2.75, 3.05) is 0 Å². The summed E-state index contributed by atoms with van der Waals surface area (Å²) in [5.41, 5.74) is 3.79. The lowest BCUT2D eigenvalue weighted by Gasteiger charge is -2.13. The third-order valence-corrected chi connectivity index (χ3v) is 4.83. The number of para-hydroxylation sites is 2. The van der Waals surface area contributed by atoms with Crippen molar-refractivity contribution in [3.63, 3.8) is 0 Å². The zero-order valence-corrected chi connectivity index (χ0v) is 16.5. The predicted octanol–water partition coefficient (Wildman–Crippen LogP) is 4.58. The summed E-state index contributed by atoms with van der Waals surface area (Å²) in [6.45, 7) is 3.46. The van der Waals surface area contributed by atoms with Crippen molar-refractivity contribution >= 4 is 33.5 Å². The average molecular weight is 401 g/mol. The molecule has 0 radical (unpaired) electrons. The number of aryl methyl sites for hydroxylation is 1. The van der Waals surface area contributed by atoms with Crippen molar-refractivity contribution in [2.45, 2.75) is 26.4 Å². The number of aromatic amines is 1. The Kier molecular flexibility index (Phi) is 4.98. The maximum Gasteiger partial charge on any atom is 0.311 e. The number of nitriles is 1. The van der Waals surface area contributed by atoms with Gasteiger partial charge in [-0.3, -0.25) is 4.79 Å². The molecule has 0 bridgehead atoms. The number of allylic oxidation sites excluding steroid dienone is 1. The lowest BCUT2D eigenvalue weighted by atomic mass is 10.1. The van der Waals surface area contributed by atoms with E-state index in [-0.39, 0.29) is 23.6 Å². The quantitative estimate of drug-likeness (QED) is 0.287. The first-order valence-electron chi connectivity index (χ1n) is 9.41. The Balaban J connectivity index is 1.53. The molecule has 7 nitrogen and oxygen atoms in total. The zero-order valence-electron chi connectivity index (χ0n) is 16.5. The fourth-order valence-corrected chi connectivity index (χ4v) is 3.28. The highest BCUT2D eigenvalue weighted by Crippen LogP contribution is 2.24. The Labute approximate surface area is 172 Å². The van der Waals surface area contributed by atoms with Crippen LogP contribution in [0.15, 0.2) is 58.9 Å². The van der Waals surface area contributed by atoms with Gasteiger partial charge in [-0.1, -0.05) is 24.3 Å². The number of aliphatic hydroxyl groups excluding tert-OH is 1. The maximum absolute atomic E-state index is 12.4. The molecule has 4 aromatic rings. The van der Waals surface area contributed by atoms with Crippen LogP contribution < -0.4 is 0 Å². The van der Waals surface area contributed by atoms with Gasteiger partial charge in [-0.2, -0.15) is 5.26 Å². The van der Waals surface area contributed by atoms with E-state index in [0.717, 1.165) is 16.5 Å². The summed E-state index contributed by atoms with van der Waals surface area (Å²) in [5, 5.41) is 20.9. The van der Waals surface area contributed by atoms with Gasteiger partial charge in [-0.05, 0) is 37.6 Å². The molecule has 2 heterocycles. The van der Waals surface area contributed by atoms with Gasteiger partial charge in [0.05, 0.1) is 23.7 Å². The third-order valence-electron chi connectivity index (χ3n) is 4.83. The van der Waals surface area contributed by atoms with Crippen LogP contribution in [0.2, 0.25) is 0 Å². The molecular formula is C23H19N3O4. The Hall–Kier alpha value is -4.05. The van der Waals surface area contributed by atoms with Gasteiger partial charge in [-0.15, -0.1) is 0 Å². The van der Waals surface area contributed by atoms with E-state index in [0.29, 0.717) is 16.7 Å². The summed E-state index contributed by atoms with van der Waals surface area (Å²) in [6.07, 6.45) is 0.502. The van der Waals surface area contributed by atoms with Crippen LogP contribution in [0, 0.1) is 18.3 Å². The summed E-state index contributed by atoms with van der Waals surface area (Å²) >= 11 is 0. The minimum Gasteiger partial charge on any atom is -0.507 e. The van der Waals surface area contributed by atoms with Crippen LogP contribution in [-0.4, -0.2) is 27.1 Å². The number of hydrogen-bond acceptors (Lipinski definition) is 6. The van der Waals surface area contributed by atoms with E-state index in [4.69, 9.17) is 9.15 Å². The molecule has 2 aromatic heterocycles. The van der Waals surface area contributed by atoms with Gasteiger partial charge in [-0.25, -0.2) is 4.98 Å². The van der Waals surface area contributed by atoms with Crippen molar-refractivity contribution in [2.24, 2.45) is 0 Å². The highest BCUT2D eigenvalue weighted by atomic mass is 16.6. The fourth-order valence-electron chi connectivity index (χ4n) is 3.28. The number of furan rings is 1. The summed E-state index contributed by atoms with van der Waals surface area (Å²) in [4.78, 5) is 19.7. The predicted molar refractivity (Wildman–Crippen MR) is 111 cm³/mol. The van der Waals surface area contributed by atoms with E-state index in [2.05, 4.69) is 9.97 Å². The molecule has 150 valence electrons. The number of fused-ring (bicyclic) bond motifs is 2. The lowest BCUT2D eigenvalue weighted by molar-refractivity contribution is -0.146. The standard InChI is InChI=1S/C23H19N3O4/c1-13-7-8-16-15(12-29-20(16)9-13)10-21(27)30-14(2)22(28)17(11-24)23-25-18-5-3-4-6-19(18)26-23/h3-9,12,14,28H,10H2,1-2H3,(H,25,26)/b22-17-/t14-/m1/s1. The second kappa shape index (κ2) is 7.76. The van der Waals surface area contributed by atoms with E-state index in [1.165, 1.54) is 13.2 Å². The highest BCUT2D eigenvalue weighted by molar-refractivity contribution is 5.86. The van der Waals surface area contributed by atoms with E-state index in [1.807, 2.05) is 49.4 Å². The minimum atomic E-state index is -1.01. The van der Waals surface area contributed by atoms with Crippen LogP contribution in [0.4, 0.5) is 0 Å². The van der Waals surface area contributed by atoms with Crippen LogP contribution >= 0.6 is 0 Å². The Morgan fingerprint density at radius 1 is 1.33 bits per heavy atom. The number of ether oxygens (including phenoxy) is 1. The normalized spacial score (nSPS) is 13.1. The zero-order chi connectivity index (χ0) is 21.3. The SMILES string of the molecule is Cc1ccc2c(CC(=O)O[C@H](C)/C(O)=C(\C#N)c3nc4ccccc4[nH]3)coc2c1. The van der Waals surface area contributed by atoms with Crippen LogP contribution in [0.1, 0.15) is 23.9 Å². The van der Waals surface area contributed by atoms with Crippen LogP contribution in [0.5, 0.6) is 0 Å². The molecule has 0 aliphatic heterocycles. The average Bonchev–Trinajstić information content (AvgIpc) is 3.32. The molecule has 4 rings (SSSR count). The first-order valence-corrected chi connectivity index (χ1v) is 9.41. The van der Waals surface area contributed by atoms with Gasteiger partial charge in [0.15, 0.2) is 17.7 Å². The number of imidazole rings is 1. The number of benzene rings is 2. The van der Waals surface area contributed by atoms with Crippen molar-refractivity contribution in [3.8, 4) is 6.07 Å². The Bertz CT molecular complexity index is 1290. The molecule has 1 atom stereocenters. The summed E-state index contributed by atoms with van der Waals surface area (Å²) in [5.74, 6) is -0.688. The topological polar surface area (TPSA) is 112 Å². The largest absolute Gasteiger partial charge is 0.507 e. The summed E-state index contributed by atoms with van der Waals surface area (Å²) in [6, 6.07) is 14.9. The number of esters is 1. The first kappa shape index (κ1) is 19.3. The third kappa shape index (κ3) is 3.63. The van der Waals surface area contributed by atoms with E-state index in [1.54, 1.807) is 6.07 Å². The van der Waals surface area contributed by atoms with Gasteiger partial charge in [0, 0.05) is 10.9 Å². The molecular weight excluding hydrogens is 382 g/mol. The van der Waals surface area contributed by atoms with Gasteiger partial charge >= 0.3 is 5.97 Å². The number of nitrogens with zero attached hydrogens (tertiary/aromatic N) is 2. The molecule has 0 aliphatic carbocycles. The number of aromatic nitrogens is 2. The molecule has 0 amide bonds. The number of nitrogens with one attached hydrogen (secondary N) is 1. The number of rotatable bonds is 5. The van der Waals surface area contributed by atoms with Crippen molar-refractivity contribution in [1.29, 1.82) is 5.26 Å². The number of carbonyl (C=O) groups excluding carboxylic acids is 1. The highest BCUT2D eigenvalue weighted by Gasteiger charge is 2.22. The van der Waals surface area contributed by atoms with Gasteiger partial charge < -0.3 is 19.2 Å². The van der Waals surface area contributed by atoms with Gasteiger partial charge in [0.25, 0.3) is 0 Å². The monoisotopic (exact) mass is 401 g/mol. The van der Waals surface area contributed by atoms with E-state index >= 15 is 0 Å². The van der Waals surface area contributed by atoms with Crippen LogP contribution in [-0.2, 0) is 16.0 Å². The summed E-state index contributed by atoms with van der Waals surface area (Å²) in [7, 11) is 0. The smallest absolute Gasteiger partial charge is 0.311 e. The molecule has 7 heteroatoms. The Morgan fingerprint density at radius 2 is 2.13 bits per heavy atom. The number of aliphatic hydroxyl groups is 1. The van der Waals surface area contributed by atoms with Crippen molar-refractivity contribution < 1.29 is 19.1 Å². The lowest BCUT2D eigenvalue weighted by Crippen LogP contribution is -2.19. The molecule has 0 fully saturated rings. The molecule has 0 spiro atoms. The fraction of sp³-hybridized carbons (Fsp3) is 0.174. The van der Waals surface area contributed by atoms with Gasteiger partial charge in [0.2, 0.25) is 0 Å². The minimum absolute atomic E-state index is 0.0137. The van der Waals surface area contributed by atoms with Crippen molar-refractivity contribution in [1.82, 2.24) is 9.97 Å².